The van der Waals surface area contributed by atoms with Crippen molar-refractivity contribution in [2.75, 3.05) is 0 Å². The highest BCUT2D eigenvalue weighted by Crippen LogP contribution is 2.26. The predicted octanol–water partition coefficient (Wildman–Crippen LogP) is 1.03. The average Bonchev–Trinajstić information content (AvgIpc) is 2.18. The number of carbonyl (C=O) groups excluding carboxylic acids is 1. The van der Waals surface area contributed by atoms with E-state index in [2.05, 4.69) is 0 Å². The van der Waals surface area contributed by atoms with Gasteiger partial charge in [-0.1, -0.05) is 18.2 Å². The van der Waals surface area contributed by atoms with Crippen LogP contribution in [0, 0.1) is 0 Å². The second-order valence-electron chi connectivity index (χ2n) is 3.46. The third-order valence-corrected chi connectivity index (χ3v) is 2.33. The lowest BCUT2D eigenvalue weighted by Gasteiger charge is -2.23. The summed E-state index contributed by atoms with van der Waals surface area (Å²) in [6.45, 7) is 0. The molecule has 1 aliphatic rings. The lowest BCUT2D eigenvalue weighted by molar-refractivity contribution is -0.142. The first-order chi connectivity index (χ1) is 7.16. The molecule has 15 heavy (non-hydrogen) atoms. The SMILES string of the molecule is O=C(O)CC1Oc2ccccc2CC1=O. The van der Waals surface area contributed by atoms with Crippen molar-refractivity contribution in [3.8, 4) is 5.75 Å². The largest absolute Gasteiger partial charge is 0.482 e. The van der Waals surface area contributed by atoms with Crippen molar-refractivity contribution in [3.63, 3.8) is 0 Å². The summed E-state index contributed by atoms with van der Waals surface area (Å²) in [6.07, 6.45) is -0.848. The molecule has 78 valence electrons. The second-order valence-corrected chi connectivity index (χ2v) is 3.46. The lowest BCUT2D eigenvalue weighted by Crippen LogP contribution is -2.35. The molecule has 0 aromatic heterocycles. The van der Waals surface area contributed by atoms with Gasteiger partial charge in [-0.2, -0.15) is 0 Å². The molecule has 0 spiro atoms. The van der Waals surface area contributed by atoms with E-state index >= 15 is 0 Å². The Kier molecular flexibility index (Phi) is 2.41. The van der Waals surface area contributed by atoms with Crippen LogP contribution in [-0.4, -0.2) is 23.0 Å². The van der Waals surface area contributed by atoms with E-state index in [9.17, 15) is 9.59 Å². The molecule has 1 heterocycles. The molecule has 0 bridgehead atoms. The number of para-hydroxylation sites is 1. The molecule has 1 unspecified atom stereocenters. The highest BCUT2D eigenvalue weighted by atomic mass is 16.5. The van der Waals surface area contributed by atoms with E-state index in [0.29, 0.717) is 5.75 Å². The number of aliphatic carboxylic acids is 1. The van der Waals surface area contributed by atoms with Crippen LogP contribution in [0.1, 0.15) is 12.0 Å². The zero-order chi connectivity index (χ0) is 10.8. The summed E-state index contributed by atoms with van der Waals surface area (Å²) in [4.78, 5) is 22.0. The first-order valence-electron chi connectivity index (χ1n) is 4.66. The first-order valence-corrected chi connectivity index (χ1v) is 4.66. The molecule has 0 saturated heterocycles. The molecule has 0 fully saturated rings. The van der Waals surface area contributed by atoms with E-state index in [4.69, 9.17) is 9.84 Å². The Labute approximate surface area is 86.5 Å². The molecule has 0 aliphatic carbocycles. The van der Waals surface area contributed by atoms with E-state index in [1.54, 1.807) is 12.1 Å². The number of benzene rings is 1. The Hall–Kier alpha value is -1.84. The number of Topliss-reactive ketones (excluding diaryl/α,β-unsaturated/α-hetero) is 1. The summed E-state index contributed by atoms with van der Waals surface area (Å²) in [5.41, 5.74) is 0.823. The van der Waals surface area contributed by atoms with Crippen LogP contribution in [0.5, 0.6) is 5.75 Å². The molecule has 1 N–H and O–H groups in total. The van der Waals surface area contributed by atoms with Crippen molar-refractivity contribution < 1.29 is 19.4 Å². The van der Waals surface area contributed by atoms with Crippen LogP contribution in [0.4, 0.5) is 0 Å². The minimum absolute atomic E-state index is 0.170. The molecule has 0 saturated carbocycles. The van der Waals surface area contributed by atoms with Gasteiger partial charge in [-0.15, -0.1) is 0 Å². The van der Waals surface area contributed by atoms with Crippen LogP contribution in [0.15, 0.2) is 24.3 Å². The van der Waals surface area contributed by atoms with Gasteiger partial charge in [0.25, 0.3) is 0 Å². The van der Waals surface area contributed by atoms with E-state index in [1.165, 1.54) is 0 Å². The fourth-order valence-electron chi connectivity index (χ4n) is 1.60. The van der Waals surface area contributed by atoms with Crippen molar-refractivity contribution in [2.45, 2.75) is 18.9 Å². The van der Waals surface area contributed by atoms with Crippen LogP contribution < -0.4 is 4.74 Å². The van der Waals surface area contributed by atoms with Gasteiger partial charge in [0, 0.05) is 12.0 Å². The first kappa shape index (κ1) is 9.71. The fourth-order valence-corrected chi connectivity index (χ4v) is 1.60. The minimum atomic E-state index is -1.02. The molecule has 1 aliphatic heterocycles. The molecule has 4 nitrogen and oxygen atoms in total. The second kappa shape index (κ2) is 3.73. The third-order valence-electron chi connectivity index (χ3n) is 2.33. The highest BCUT2D eigenvalue weighted by Gasteiger charge is 2.29. The Morgan fingerprint density at radius 1 is 1.47 bits per heavy atom. The molecular weight excluding hydrogens is 196 g/mol. The topological polar surface area (TPSA) is 63.6 Å². The standard InChI is InChI=1S/C11H10O4/c12-8-5-7-3-1-2-4-9(7)15-10(8)6-11(13)14/h1-4,10H,5-6H2,(H,13,14). The number of carboxylic acids is 1. The summed E-state index contributed by atoms with van der Waals surface area (Å²) < 4.78 is 5.32. The van der Waals surface area contributed by atoms with Gasteiger partial charge < -0.3 is 9.84 Å². The number of ketones is 1. The number of ether oxygens (including phenoxy) is 1. The maximum Gasteiger partial charge on any atom is 0.307 e. The summed E-state index contributed by atoms with van der Waals surface area (Å²) in [6, 6.07) is 7.18. The molecule has 1 atom stereocenters. The number of rotatable bonds is 2. The van der Waals surface area contributed by atoms with E-state index in [0.717, 1.165) is 5.56 Å². The van der Waals surface area contributed by atoms with E-state index in [-0.39, 0.29) is 18.6 Å². The molecule has 0 radical (unpaired) electrons. The molecular formula is C11H10O4. The van der Waals surface area contributed by atoms with Crippen LogP contribution in [0.3, 0.4) is 0 Å². The van der Waals surface area contributed by atoms with Gasteiger partial charge in [0.15, 0.2) is 11.9 Å². The summed E-state index contributed by atoms with van der Waals surface area (Å²) in [5, 5.41) is 8.60. The minimum Gasteiger partial charge on any atom is -0.482 e. The van der Waals surface area contributed by atoms with Crippen molar-refractivity contribution in [2.24, 2.45) is 0 Å². The zero-order valence-electron chi connectivity index (χ0n) is 7.97. The van der Waals surface area contributed by atoms with Gasteiger partial charge in [-0.25, -0.2) is 0 Å². The maximum absolute atomic E-state index is 11.5. The van der Waals surface area contributed by atoms with Gasteiger partial charge in [-0.3, -0.25) is 9.59 Å². The van der Waals surface area contributed by atoms with Crippen molar-refractivity contribution in [1.29, 1.82) is 0 Å². The zero-order valence-corrected chi connectivity index (χ0v) is 7.97. The third kappa shape index (κ3) is 1.98. The van der Waals surface area contributed by atoms with E-state index < -0.39 is 12.1 Å². The van der Waals surface area contributed by atoms with Gasteiger partial charge in [-0.05, 0) is 6.07 Å². The number of carbonyl (C=O) groups is 2. The Morgan fingerprint density at radius 3 is 2.93 bits per heavy atom. The lowest BCUT2D eigenvalue weighted by atomic mass is 9.99. The quantitative estimate of drug-likeness (QED) is 0.785. The van der Waals surface area contributed by atoms with Gasteiger partial charge >= 0.3 is 5.97 Å². The molecule has 2 rings (SSSR count). The Bertz CT molecular complexity index is 411. The summed E-state index contributed by atoms with van der Waals surface area (Å²) in [7, 11) is 0. The highest BCUT2D eigenvalue weighted by molar-refractivity contribution is 5.90. The molecule has 1 aromatic carbocycles. The predicted molar refractivity (Wildman–Crippen MR) is 51.8 cm³/mol. The smallest absolute Gasteiger partial charge is 0.307 e. The van der Waals surface area contributed by atoms with Crippen LogP contribution in [0.25, 0.3) is 0 Å². The monoisotopic (exact) mass is 206 g/mol. The number of hydrogen-bond donors (Lipinski definition) is 1. The normalized spacial score (nSPS) is 19.2. The molecule has 1 aromatic rings. The summed E-state index contributed by atoms with van der Waals surface area (Å²) >= 11 is 0. The maximum atomic E-state index is 11.5. The molecule has 4 heteroatoms. The number of carboxylic acid groups (broad SMARTS) is 1. The summed E-state index contributed by atoms with van der Waals surface area (Å²) in [5.74, 6) is -0.577. The van der Waals surface area contributed by atoms with Gasteiger partial charge in [0.2, 0.25) is 0 Å². The van der Waals surface area contributed by atoms with Crippen LogP contribution in [-0.2, 0) is 16.0 Å². The van der Waals surface area contributed by atoms with Crippen molar-refractivity contribution in [1.82, 2.24) is 0 Å². The van der Waals surface area contributed by atoms with E-state index in [1.807, 2.05) is 12.1 Å². The van der Waals surface area contributed by atoms with Crippen molar-refractivity contribution >= 4 is 11.8 Å². The van der Waals surface area contributed by atoms with Gasteiger partial charge in [0.1, 0.15) is 5.75 Å². The fraction of sp³-hybridized carbons (Fsp3) is 0.273. The number of hydrogen-bond acceptors (Lipinski definition) is 3. The van der Waals surface area contributed by atoms with Crippen molar-refractivity contribution in [3.05, 3.63) is 29.8 Å². The van der Waals surface area contributed by atoms with Crippen LogP contribution in [0.2, 0.25) is 0 Å². The van der Waals surface area contributed by atoms with Gasteiger partial charge in [0.05, 0.1) is 6.42 Å². The van der Waals surface area contributed by atoms with Crippen LogP contribution >= 0.6 is 0 Å². The number of fused-ring (bicyclic) bond motifs is 1. The molecule has 0 amide bonds. The Morgan fingerprint density at radius 2 is 2.20 bits per heavy atom. The Balaban J connectivity index is 2.22. The average molecular weight is 206 g/mol.